The zero-order chi connectivity index (χ0) is 16.4. The summed E-state index contributed by atoms with van der Waals surface area (Å²) >= 11 is 0. The Balaban J connectivity index is 1.61. The van der Waals surface area contributed by atoms with Gasteiger partial charge in [-0.3, -0.25) is 15.0 Å². The van der Waals surface area contributed by atoms with E-state index in [1.807, 2.05) is 30.7 Å². The molecule has 0 aromatic carbocycles. The summed E-state index contributed by atoms with van der Waals surface area (Å²) in [5.41, 5.74) is 9.92. The van der Waals surface area contributed by atoms with Crippen LogP contribution in [0.3, 0.4) is 0 Å². The van der Waals surface area contributed by atoms with Crippen LogP contribution in [0.2, 0.25) is 0 Å². The van der Waals surface area contributed by atoms with Crippen LogP contribution >= 0.6 is 0 Å². The van der Waals surface area contributed by atoms with Gasteiger partial charge in [-0.25, -0.2) is 0 Å². The molecule has 1 atom stereocenters. The molecule has 4 heterocycles. The van der Waals surface area contributed by atoms with Gasteiger partial charge in [0.25, 0.3) is 0 Å². The van der Waals surface area contributed by atoms with E-state index >= 15 is 0 Å². The molecule has 122 valence electrons. The molecule has 0 saturated carbocycles. The summed E-state index contributed by atoms with van der Waals surface area (Å²) in [6.07, 6.45) is 7.96. The molecule has 1 aliphatic heterocycles. The van der Waals surface area contributed by atoms with Gasteiger partial charge in [0, 0.05) is 49.0 Å². The molecule has 5 heteroatoms. The average molecular weight is 319 g/mol. The van der Waals surface area contributed by atoms with E-state index in [4.69, 9.17) is 10.7 Å². The summed E-state index contributed by atoms with van der Waals surface area (Å²) in [7, 11) is 0. The van der Waals surface area contributed by atoms with Crippen molar-refractivity contribution in [3.05, 3.63) is 60.3 Å². The molecule has 4 rings (SSSR count). The summed E-state index contributed by atoms with van der Waals surface area (Å²) in [5, 5.41) is 1.07. The minimum atomic E-state index is 0.442. The number of aromatic nitrogens is 3. The van der Waals surface area contributed by atoms with Gasteiger partial charge >= 0.3 is 0 Å². The number of pyridine rings is 3. The highest BCUT2D eigenvalue weighted by Gasteiger charge is 2.23. The first-order valence-electron chi connectivity index (χ1n) is 8.44. The average Bonchev–Trinajstić information content (AvgIpc) is 2.68. The molecule has 1 fully saturated rings. The van der Waals surface area contributed by atoms with E-state index in [1.165, 1.54) is 18.5 Å². The third-order valence-electron chi connectivity index (χ3n) is 4.71. The summed E-state index contributed by atoms with van der Waals surface area (Å²) in [6.45, 7) is 2.51. The van der Waals surface area contributed by atoms with Crippen molar-refractivity contribution >= 4 is 16.6 Å². The zero-order valence-electron chi connectivity index (χ0n) is 13.6. The molecule has 2 N–H and O–H groups in total. The third-order valence-corrected chi connectivity index (χ3v) is 4.71. The lowest BCUT2D eigenvalue weighted by atomic mass is 9.93. The van der Waals surface area contributed by atoms with Gasteiger partial charge in [0.15, 0.2) is 0 Å². The maximum absolute atomic E-state index is 5.70. The second-order valence-corrected chi connectivity index (χ2v) is 6.30. The van der Waals surface area contributed by atoms with Crippen LogP contribution in [0, 0.1) is 0 Å². The van der Waals surface area contributed by atoms with Gasteiger partial charge in [0.05, 0.1) is 23.1 Å². The summed E-state index contributed by atoms with van der Waals surface area (Å²) in [6, 6.07) is 10.4. The SMILES string of the molecule is NCc1cc2nc(C3CCCN(c4cccnc4)C3)ccc2cn1. The van der Waals surface area contributed by atoms with Crippen molar-refractivity contribution in [2.45, 2.75) is 25.3 Å². The Bertz CT molecular complexity index is 834. The lowest BCUT2D eigenvalue weighted by Gasteiger charge is -2.34. The number of hydrogen-bond donors (Lipinski definition) is 1. The Morgan fingerprint density at radius 2 is 2.17 bits per heavy atom. The standard InChI is InChI=1S/C19H21N5/c20-10-16-9-19-14(11-22-16)5-6-18(23-19)15-3-2-8-24(13-15)17-4-1-7-21-12-17/h1,4-7,9,11-12,15H,2-3,8,10,13,20H2. The second-order valence-electron chi connectivity index (χ2n) is 6.30. The minimum absolute atomic E-state index is 0.442. The monoisotopic (exact) mass is 319 g/mol. The van der Waals surface area contributed by atoms with Crippen LogP contribution in [-0.2, 0) is 6.54 Å². The third kappa shape index (κ3) is 2.95. The van der Waals surface area contributed by atoms with Crippen LogP contribution in [0.15, 0.2) is 48.9 Å². The molecule has 3 aromatic rings. The summed E-state index contributed by atoms with van der Waals surface area (Å²) < 4.78 is 0. The van der Waals surface area contributed by atoms with Gasteiger partial charge in [0.1, 0.15) is 0 Å². The number of hydrogen-bond acceptors (Lipinski definition) is 5. The lowest BCUT2D eigenvalue weighted by molar-refractivity contribution is 0.502. The Labute approximate surface area is 141 Å². The lowest BCUT2D eigenvalue weighted by Crippen LogP contribution is -2.34. The molecule has 0 aliphatic carbocycles. The highest BCUT2D eigenvalue weighted by atomic mass is 15.1. The molecular formula is C19H21N5. The van der Waals surface area contributed by atoms with Crippen molar-refractivity contribution in [2.24, 2.45) is 5.73 Å². The van der Waals surface area contributed by atoms with Crippen LogP contribution in [0.4, 0.5) is 5.69 Å². The van der Waals surface area contributed by atoms with Crippen LogP contribution < -0.4 is 10.6 Å². The fourth-order valence-electron chi connectivity index (χ4n) is 3.41. The van der Waals surface area contributed by atoms with Crippen molar-refractivity contribution < 1.29 is 0 Å². The van der Waals surface area contributed by atoms with Crippen molar-refractivity contribution in [1.82, 2.24) is 15.0 Å². The molecule has 0 bridgehead atoms. The Kier molecular flexibility index (Phi) is 4.09. The maximum Gasteiger partial charge on any atom is 0.0739 e. The molecule has 3 aromatic heterocycles. The van der Waals surface area contributed by atoms with E-state index in [1.54, 1.807) is 0 Å². The normalized spacial score (nSPS) is 18.0. The van der Waals surface area contributed by atoms with E-state index in [9.17, 15) is 0 Å². The molecular weight excluding hydrogens is 298 g/mol. The fourth-order valence-corrected chi connectivity index (χ4v) is 3.41. The fraction of sp³-hybridized carbons (Fsp3) is 0.316. The number of fused-ring (bicyclic) bond motifs is 1. The van der Waals surface area contributed by atoms with Crippen LogP contribution in [0.25, 0.3) is 10.9 Å². The zero-order valence-corrected chi connectivity index (χ0v) is 13.6. The summed E-state index contributed by atoms with van der Waals surface area (Å²) in [4.78, 5) is 15.9. The quantitative estimate of drug-likeness (QED) is 0.804. The number of nitrogens with two attached hydrogens (primary N) is 1. The minimum Gasteiger partial charge on any atom is -0.370 e. The number of anilines is 1. The maximum atomic E-state index is 5.70. The number of piperidine rings is 1. The molecule has 24 heavy (non-hydrogen) atoms. The van der Waals surface area contributed by atoms with E-state index in [2.05, 4.69) is 33.1 Å². The van der Waals surface area contributed by atoms with E-state index in [0.717, 1.165) is 35.4 Å². The Morgan fingerprint density at radius 1 is 1.21 bits per heavy atom. The second kappa shape index (κ2) is 6.53. The van der Waals surface area contributed by atoms with Crippen molar-refractivity contribution in [3.63, 3.8) is 0 Å². The summed E-state index contributed by atoms with van der Waals surface area (Å²) in [5.74, 6) is 0.442. The van der Waals surface area contributed by atoms with Gasteiger partial charge in [-0.15, -0.1) is 0 Å². The van der Waals surface area contributed by atoms with Gasteiger partial charge in [0.2, 0.25) is 0 Å². The van der Waals surface area contributed by atoms with Gasteiger partial charge in [-0.05, 0) is 43.2 Å². The predicted octanol–water partition coefficient (Wildman–Crippen LogP) is 2.87. The van der Waals surface area contributed by atoms with Crippen molar-refractivity contribution in [2.75, 3.05) is 18.0 Å². The topological polar surface area (TPSA) is 67.9 Å². The van der Waals surface area contributed by atoms with Gasteiger partial charge in [-0.2, -0.15) is 0 Å². The van der Waals surface area contributed by atoms with Crippen LogP contribution in [0.5, 0.6) is 0 Å². The number of nitrogens with zero attached hydrogens (tertiary/aromatic N) is 4. The van der Waals surface area contributed by atoms with Gasteiger partial charge < -0.3 is 10.6 Å². The van der Waals surface area contributed by atoms with Crippen LogP contribution in [0.1, 0.15) is 30.1 Å². The van der Waals surface area contributed by atoms with Crippen molar-refractivity contribution in [3.8, 4) is 0 Å². The molecule has 0 amide bonds. The molecule has 1 unspecified atom stereocenters. The molecule has 1 aliphatic rings. The van der Waals surface area contributed by atoms with E-state index in [0.29, 0.717) is 12.5 Å². The van der Waals surface area contributed by atoms with E-state index in [-0.39, 0.29) is 0 Å². The molecule has 5 nitrogen and oxygen atoms in total. The molecule has 0 spiro atoms. The van der Waals surface area contributed by atoms with Gasteiger partial charge in [-0.1, -0.05) is 0 Å². The first kappa shape index (κ1) is 15.0. The number of rotatable bonds is 3. The first-order valence-corrected chi connectivity index (χ1v) is 8.44. The highest BCUT2D eigenvalue weighted by Crippen LogP contribution is 2.29. The van der Waals surface area contributed by atoms with Crippen LogP contribution in [-0.4, -0.2) is 28.0 Å². The smallest absolute Gasteiger partial charge is 0.0739 e. The molecule has 1 saturated heterocycles. The Hall–Kier alpha value is -2.53. The van der Waals surface area contributed by atoms with Crippen molar-refractivity contribution in [1.29, 1.82) is 0 Å². The first-order chi connectivity index (χ1) is 11.8. The molecule has 0 radical (unpaired) electrons. The predicted molar refractivity (Wildman–Crippen MR) is 95.9 cm³/mol. The highest BCUT2D eigenvalue weighted by molar-refractivity contribution is 5.78. The van der Waals surface area contributed by atoms with E-state index < -0.39 is 0 Å². The Morgan fingerprint density at radius 3 is 3.00 bits per heavy atom. The largest absolute Gasteiger partial charge is 0.370 e.